The van der Waals surface area contributed by atoms with E-state index in [-0.39, 0.29) is 5.82 Å². The first-order chi connectivity index (χ1) is 9.61. The van der Waals surface area contributed by atoms with Gasteiger partial charge in [0.15, 0.2) is 0 Å². The van der Waals surface area contributed by atoms with Crippen LogP contribution in [-0.2, 0) is 0 Å². The van der Waals surface area contributed by atoms with Crippen LogP contribution in [0.3, 0.4) is 0 Å². The molecule has 0 aliphatic rings. The van der Waals surface area contributed by atoms with Crippen LogP contribution < -0.4 is 10.6 Å². The highest BCUT2D eigenvalue weighted by Crippen LogP contribution is 2.32. The van der Waals surface area contributed by atoms with E-state index < -0.39 is 0 Å². The molecule has 0 bridgehead atoms. The van der Waals surface area contributed by atoms with Crippen LogP contribution >= 0.6 is 31.9 Å². The lowest BCUT2D eigenvalue weighted by Crippen LogP contribution is -2.22. The van der Waals surface area contributed by atoms with E-state index in [2.05, 4.69) is 36.8 Å². The molecule has 2 aromatic rings. The molecule has 0 unspecified atom stereocenters. The zero-order chi connectivity index (χ0) is 14.5. The van der Waals surface area contributed by atoms with Gasteiger partial charge in [-0.1, -0.05) is 0 Å². The van der Waals surface area contributed by atoms with Gasteiger partial charge in [-0.15, -0.1) is 0 Å². The maximum atomic E-state index is 13.1. The molecule has 1 aromatic heterocycles. The van der Waals surface area contributed by atoms with E-state index >= 15 is 0 Å². The molecule has 1 heterocycles. The molecule has 0 aliphatic heterocycles. The van der Waals surface area contributed by atoms with Crippen molar-refractivity contribution in [3.05, 3.63) is 51.3 Å². The smallest absolute Gasteiger partial charge is 0.147 e. The van der Waals surface area contributed by atoms with Crippen LogP contribution in [0.15, 0.2) is 45.5 Å². The van der Waals surface area contributed by atoms with Gasteiger partial charge < -0.3 is 10.6 Å². The van der Waals surface area contributed by atoms with Gasteiger partial charge in [-0.05, 0) is 75.2 Å². The van der Waals surface area contributed by atoms with E-state index in [4.69, 9.17) is 5.73 Å². The van der Waals surface area contributed by atoms with E-state index in [1.165, 1.54) is 12.1 Å². The Hall–Kier alpha value is -0.980. The summed E-state index contributed by atoms with van der Waals surface area (Å²) >= 11 is 6.90. The zero-order valence-electron chi connectivity index (χ0n) is 10.7. The molecule has 2 N–H and O–H groups in total. The van der Waals surface area contributed by atoms with Gasteiger partial charge in [-0.25, -0.2) is 9.37 Å². The maximum absolute atomic E-state index is 13.1. The summed E-state index contributed by atoms with van der Waals surface area (Å²) in [6.45, 7) is 1.31. The summed E-state index contributed by atoms with van der Waals surface area (Å²) in [5.41, 5.74) is 6.48. The highest BCUT2D eigenvalue weighted by atomic mass is 79.9. The van der Waals surface area contributed by atoms with E-state index in [0.717, 1.165) is 33.4 Å². The van der Waals surface area contributed by atoms with Crippen molar-refractivity contribution in [3.63, 3.8) is 0 Å². The number of pyridine rings is 1. The lowest BCUT2D eigenvalue weighted by atomic mass is 10.2. The third-order valence-electron chi connectivity index (χ3n) is 2.77. The van der Waals surface area contributed by atoms with Crippen molar-refractivity contribution < 1.29 is 4.39 Å². The number of anilines is 2. The number of nitrogens with two attached hydrogens (primary N) is 1. The first-order valence-corrected chi connectivity index (χ1v) is 7.74. The molecular weight excluding hydrogens is 389 g/mol. The number of rotatable bonds is 5. The van der Waals surface area contributed by atoms with E-state index in [1.807, 2.05) is 11.0 Å². The van der Waals surface area contributed by atoms with Gasteiger partial charge in [0.25, 0.3) is 0 Å². The van der Waals surface area contributed by atoms with Crippen LogP contribution in [0.4, 0.5) is 15.9 Å². The Bertz CT molecular complexity index is 575. The minimum atomic E-state index is -0.254. The molecule has 0 fully saturated rings. The quantitative estimate of drug-likeness (QED) is 0.813. The Balaban J connectivity index is 2.38. The van der Waals surface area contributed by atoms with Crippen molar-refractivity contribution in [2.24, 2.45) is 5.73 Å². The first-order valence-electron chi connectivity index (χ1n) is 6.16. The van der Waals surface area contributed by atoms with Gasteiger partial charge in [0.1, 0.15) is 11.6 Å². The molecule has 106 valence electrons. The number of halogens is 3. The molecule has 6 heteroatoms. The molecule has 3 nitrogen and oxygen atoms in total. The van der Waals surface area contributed by atoms with Crippen molar-refractivity contribution >= 4 is 43.4 Å². The lowest BCUT2D eigenvalue weighted by molar-refractivity contribution is 0.627. The number of benzene rings is 1. The predicted octanol–water partition coefficient (Wildman–Crippen LogP) is 4.23. The summed E-state index contributed by atoms with van der Waals surface area (Å²) in [5, 5.41) is 0. The highest BCUT2D eigenvalue weighted by molar-refractivity contribution is 9.11. The zero-order valence-corrected chi connectivity index (χ0v) is 13.9. The standard InChI is InChI=1S/C14H14Br2FN3/c15-10-8-13(16)14(19-9-10)20(7-1-6-18)12-4-2-11(17)3-5-12/h2-5,8-9H,1,6-7,18H2. The number of hydrogen-bond acceptors (Lipinski definition) is 3. The van der Waals surface area contributed by atoms with Gasteiger partial charge in [0.05, 0.1) is 4.47 Å². The second kappa shape index (κ2) is 7.15. The number of nitrogens with zero attached hydrogens (tertiary/aromatic N) is 2. The Morgan fingerprint density at radius 2 is 1.90 bits per heavy atom. The third kappa shape index (κ3) is 3.77. The molecular formula is C14H14Br2FN3. The van der Waals surface area contributed by atoms with Crippen molar-refractivity contribution in [1.82, 2.24) is 4.98 Å². The molecule has 0 aliphatic carbocycles. The summed E-state index contributed by atoms with van der Waals surface area (Å²) in [6, 6.07) is 8.29. The van der Waals surface area contributed by atoms with Crippen LogP contribution in [0.25, 0.3) is 0 Å². The lowest BCUT2D eigenvalue weighted by Gasteiger charge is -2.24. The summed E-state index contributed by atoms with van der Waals surface area (Å²) < 4.78 is 14.8. The van der Waals surface area contributed by atoms with Crippen LogP contribution in [-0.4, -0.2) is 18.1 Å². The number of aromatic nitrogens is 1. The van der Waals surface area contributed by atoms with Crippen LogP contribution in [0, 0.1) is 5.82 Å². The van der Waals surface area contributed by atoms with Crippen LogP contribution in [0.2, 0.25) is 0 Å². The predicted molar refractivity (Wildman–Crippen MR) is 86.7 cm³/mol. The summed E-state index contributed by atoms with van der Waals surface area (Å²) in [5.74, 6) is 0.531. The second-order valence-corrected chi connectivity index (χ2v) is 6.00. The SMILES string of the molecule is NCCCN(c1ccc(F)cc1)c1ncc(Br)cc1Br. The minimum absolute atomic E-state index is 0.254. The second-order valence-electron chi connectivity index (χ2n) is 4.23. The maximum Gasteiger partial charge on any atom is 0.147 e. The molecule has 0 saturated heterocycles. The average molecular weight is 403 g/mol. The van der Waals surface area contributed by atoms with Gasteiger partial charge in [-0.2, -0.15) is 0 Å². The summed E-state index contributed by atoms with van der Waals surface area (Å²) in [6.07, 6.45) is 2.56. The van der Waals surface area contributed by atoms with Gasteiger partial charge in [-0.3, -0.25) is 0 Å². The van der Waals surface area contributed by atoms with Crippen molar-refractivity contribution in [2.45, 2.75) is 6.42 Å². The highest BCUT2D eigenvalue weighted by Gasteiger charge is 2.14. The van der Waals surface area contributed by atoms with Crippen molar-refractivity contribution in [2.75, 3.05) is 18.0 Å². The van der Waals surface area contributed by atoms with Crippen LogP contribution in [0.5, 0.6) is 0 Å². The Morgan fingerprint density at radius 1 is 1.20 bits per heavy atom. The monoisotopic (exact) mass is 401 g/mol. The molecule has 20 heavy (non-hydrogen) atoms. The third-order valence-corrected chi connectivity index (χ3v) is 3.79. The number of hydrogen-bond donors (Lipinski definition) is 1. The molecule has 0 atom stereocenters. The van der Waals surface area contributed by atoms with E-state index in [9.17, 15) is 4.39 Å². The fraction of sp³-hybridized carbons (Fsp3) is 0.214. The molecule has 2 rings (SSSR count). The first kappa shape index (κ1) is 15.4. The summed E-state index contributed by atoms with van der Waals surface area (Å²) in [7, 11) is 0. The van der Waals surface area contributed by atoms with Gasteiger partial charge in [0.2, 0.25) is 0 Å². The molecule has 0 amide bonds. The van der Waals surface area contributed by atoms with Crippen molar-refractivity contribution in [3.8, 4) is 0 Å². The topological polar surface area (TPSA) is 42.1 Å². The molecule has 1 aromatic carbocycles. The van der Waals surface area contributed by atoms with Gasteiger partial charge >= 0.3 is 0 Å². The fourth-order valence-electron chi connectivity index (χ4n) is 1.83. The minimum Gasteiger partial charge on any atom is -0.330 e. The summed E-state index contributed by atoms with van der Waals surface area (Å²) in [4.78, 5) is 6.44. The van der Waals surface area contributed by atoms with E-state index in [1.54, 1.807) is 18.3 Å². The van der Waals surface area contributed by atoms with Gasteiger partial charge in [0, 0.05) is 22.9 Å². The van der Waals surface area contributed by atoms with Crippen molar-refractivity contribution in [1.29, 1.82) is 0 Å². The Kier molecular flexibility index (Phi) is 5.51. The average Bonchev–Trinajstić information content (AvgIpc) is 2.42. The molecule has 0 spiro atoms. The fourth-order valence-corrected chi connectivity index (χ4v) is 3.04. The Morgan fingerprint density at radius 3 is 2.50 bits per heavy atom. The largest absolute Gasteiger partial charge is 0.330 e. The molecule has 0 saturated carbocycles. The van der Waals surface area contributed by atoms with Crippen LogP contribution in [0.1, 0.15) is 6.42 Å². The normalized spacial score (nSPS) is 10.6. The molecule has 0 radical (unpaired) electrons. The Labute approximate surface area is 134 Å². The van der Waals surface area contributed by atoms with E-state index in [0.29, 0.717) is 6.54 Å².